The molecule has 4 N–H and O–H groups in total. The van der Waals surface area contributed by atoms with Crippen molar-refractivity contribution in [1.29, 1.82) is 0 Å². The van der Waals surface area contributed by atoms with Gasteiger partial charge in [0.1, 0.15) is 11.5 Å². The molecule has 0 aliphatic heterocycles. The molecule has 0 unspecified atom stereocenters. The van der Waals surface area contributed by atoms with E-state index in [4.69, 9.17) is 11.6 Å². The standard InChI is InChI=1S/C16H24N4/c1-5-6-13-19-14(15(17)20(13)18)11-7-9-12(10-8-11)16(2,3)4/h7-10H,5-6,17-18H2,1-4H3. The van der Waals surface area contributed by atoms with Crippen molar-refractivity contribution in [2.45, 2.75) is 46.0 Å². The largest absolute Gasteiger partial charge is 0.382 e. The van der Waals surface area contributed by atoms with E-state index in [0.29, 0.717) is 5.82 Å². The molecule has 4 nitrogen and oxygen atoms in total. The van der Waals surface area contributed by atoms with Gasteiger partial charge in [0, 0.05) is 12.0 Å². The Balaban J connectivity index is 2.39. The van der Waals surface area contributed by atoms with Crippen LogP contribution in [0.25, 0.3) is 11.3 Å². The van der Waals surface area contributed by atoms with Gasteiger partial charge in [-0.3, -0.25) is 0 Å². The van der Waals surface area contributed by atoms with Crippen molar-refractivity contribution in [3.05, 3.63) is 35.7 Å². The molecule has 20 heavy (non-hydrogen) atoms. The highest BCUT2D eigenvalue weighted by atomic mass is 15.4. The monoisotopic (exact) mass is 272 g/mol. The minimum atomic E-state index is 0.144. The number of aromatic nitrogens is 2. The van der Waals surface area contributed by atoms with Crippen molar-refractivity contribution < 1.29 is 0 Å². The second-order valence-corrected chi connectivity index (χ2v) is 6.21. The molecule has 1 aromatic carbocycles. The van der Waals surface area contributed by atoms with Gasteiger partial charge in [0.05, 0.1) is 0 Å². The molecular formula is C16H24N4. The number of hydrogen-bond acceptors (Lipinski definition) is 3. The van der Waals surface area contributed by atoms with Crippen molar-refractivity contribution in [3.63, 3.8) is 0 Å². The van der Waals surface area contributed by atoms with Gasteiger partial charge < -0.3 is 11.6 Å². The average Bonchev–Trinajstić information content (AvgIpc) is 2.67. The van der Waals surface area contributed by atoms with Gasteiger partial charge in [0.15, 0.2) is 5.82 Å². The minimum Gasteiger partial charge on any atom is -0.382 e. The van der Waals surface area contributed by atoms with Crippen LogP contribution in [-0.4, -0.2) is 9.66 Å². The molecule has 0 spiro atoms. The van der Waals surface area contributed by atoms with Crippen LogP contribution >= 0.6 is 0 Å². The lowest BCUT2D eigenvalue weighted by atomic mass is 9.86. The predicted molar refractivity (Wildman–Crippen MR) is 84.9 cm³/mol. The molecule has 0 saturated heterocycles. The molecule has 108 valence electrons. The zero-order valence-electron chi connectivity index (χ0n) is 12.8. The summed E-state index contributed by atoms with van der Waals surface area (Å²) < 4.78 is 1.50. The smallest absolute Gasteiger partial charge is 0.150 e. The minimum absolute atomic E-state index is 0.144. The molecule has 2 rings (SSSR count). The quantitative estimate of drug-likeness (QED) is 0.843. The molecule has 0 saturated carbocycles. The van der Waals surface area contributed by atoms with Gasteiger partial charge in [0.2, 0.25) is 0 Å². The lowest BCUT2D eigenvalue weighted by Crippen LogP contribution is -2.15. The lowest BCUT2D eigenvalue weighted by molar-refractivity contribution is 0.590. The van der Waals surface area contributed by atoms with E-state index >= 15 is 0 Å². The zero-order chi connectivity index (χ0) is 14.9. The van der Waals surface area contributed by atoms with E-state index in [9.17, 15) is 0 Å². The fourth-order valence-electron chi connectivity index (χ4n) is 2.23. The second kappa shape index (κ2) is 5.19. The Morgan fingerprint density at radius 2 is 1.75 bits per heavy atom. The Bertz CT molecular complexity index is 588. The van der Waals surface area contributed by atoms with Crippen LogP contribution in [0, 0.1) is 0 Å². The lowest BCUT2D eigenvalue weighted by Gasteiger charge is -2.19. The van der Waals surface area contributed by atoms with Crippen molar-refractivity contribution >= 4 is 5.82 Å². The molecule has 0 radical (unpaired) electrons. The van der Waals surface area contributed by atoms with E-state index in [2.05, 4.69) is 56.9 Å². The van der Waals surface area contributed by atoms with Crippen LogP contribution in [0.1, 0.15) is 45.5 Å². The van der Waals surface area contributed by atoms with E-state index in [1.54, 1.807) is 0 Å². The molecule has 1 heterocycles. The number of nitrogen functional groups attached to an aromatic ring is 2. The molecule has 2 aromatic rings. The number of aryl methyl sites for hydroxylation is 1. The summed E-state index contributed by atoms with van der Waals surface area (Å²) in [7, 11) is 0. The van der Waals surface area contributed by atoms with Crippen molar-refractivity contribution in [3.8, 4) is 11.3 Å². The van der Waals surface area contributed by atoms with Crippen LogP contribution in [0.15, 0.2) is 24.3 Å². The van der Waals surface area contributed by atoms with Crippen molar-refractivity contribution in [1.82, 2.24) is 9.66 Å². The number of benzene rings is 1. The third-order valence-corrected chi connectivity index (χ3v) is 3.52. The summed E-state index contributed by atoms with van der Waals surface area (Å²) in [5.74, 6) is 7.31. The van der Waals surface area contributed by atoms with Gasteiger partial charge >= 0.3 is 0 Å². The molecule has 0 fully saturated rings. The zero-order valence-corrected chi connectivity index (χ0v) is 12.8. The first-order valence-corrected chi connectivity index (χ1v) is 7.07. The summed E-state index contributed by atoms with van der Waals surface area (Å²) in [6, 6.07) is 8.39. The Kier molecular flexibility index (Phi) is 3.75. The van der Waals surface area contributed by atoms with Crippen LogP contribution in [0.3, 0.4) is 0 Å². The maximum absolute atomic E-state index is 6.07. The van der Waals surface area contributed by atoms with E-state index in [0.717, 1.165) is 29.9 Å². The van der Waals surface area contributed by atoms with Gasteiger partial charge in [-0.2, -0.15) is 0 Å². The summed E-state index contributed by atoms with van der Waals surface area (Å²) in [5.41, 5.74) is 9.29. The fraction of sp³-hybridized carbons (Fsp3) is 0.438. The van der Waals surface area contributed by atoms with E-state index in [1.165, 1.54) is 10.2 Å². The molecule has 0 aliphatic carbocycles. The summed E-state index contributed by atoms with van der Waals surface area (Å²) in [6.45, 7) is 8.70. The third kappa shape index (κ3) is 2.64. The Hall–Kier alpha value is -1.97. The molecule has 0 aliphatic rings. The third-order valence-electron chi connectivity index (χ3n) is 3.52. The summed E-state index contributed by atoms with van der Waals surface area (Å²) in [4.78, 5) is 4.57. The van der Waals surface area contributed by atoms with Crippen LogP contribution in [0.4, 0.5) is 5.82 Å². The van der Waals surface area contributed by atoms with E-state index in [-0.39, 0.29) is 5.41 Å². The average molecular weight is 272 g/mol. The Labute approximate surface area is 120 Å². The summed E-state index contributed by atoms with van der Waals surface area (Å²) >= 11 is 0. The summed E-state index contributed by atoms with van der Waals surface area (Å²) in [6.07, 6.45) is 1.83. The second-order valence-electron chi connectivity index (χ2n) is 6.21. The maximum Gasteiger partial charge on any atom is 0.150 e. The first-order valence-electron chi connectivity index (χ1n) is 7.07. The first kappa shape index (κ1) is 14.4. The number of nitrogens with zero attached hydrogens (tertiary/aromatic N) is 2. The highest BCUT2D eigenvalue weighted by molar-refractivity contribution is 5.71. The number of imidazole rings is 1. The van der Waals surface area contributed by atoms with Crippen molar-refractivity contribution in [2.75, 3.05) is 11.6 Å². The molecule has 0 amide bonds. The number of anilines is 1. The van der Waals surface area contributed by atoms with Gasteiger partial charge in [-0.05, 0) is 17.4 Å². The van der Waals surface area contributed by atoms with Crippen LogP contribution < -0.4 is 11.6 Å². The maximum atomic E-state index is 6.07. The van der Waals surface area contributed by atoms with Crippen LogP contribution in [0.2, 0.25) is 0 Å². The fourth-order valence-corrected chi connectivity index (χ4v) is 2.23. The van der Waals surface area contributed by atoms with E-state index < -0.39 is 0 Å². The SMILES string of the molecule is CCCc1nc(-c2ccc(C(C)(C)C)cc2)c(N)n1N. The normalized spacial score (nSPS) is 11.8. The summed E-state index contributed by atoms with van der Waals surface area (Å²) in [5, 5.41) is 0. The first-order chi connectivity index (χ1) is 9.34. The van der Waals surface area contributed by atoms with E-state index in [1.807, 2.05) is 0 Å². The number of rotatable bonds is 3. The molecular weight excluding hydrogens is 248 g/mol. The topological polar surface area (TPSA) is 69.9 Å². The van der Waals surface area contributed by atoms with Gasteiger partial charge in [-0.25, -0.2) is 9.66 Å². The Morgan fingerprint density at radius 3 is 2.25 bits per heavy atom. The highest BCUT2D eigenvalue weighted by Crippen LogP contribution is 2.28. The van der Waals surface area contributed by atoms with Gasteiger partial charge in [-0.1, -0.05) is 52.0 Å². The van der Waals surface area contributed by atoms with Gasteiger partial charge in [-0.15, -0.1) is 0 Å². The predicted octanol–water partition coefficient (Wildman–Crippen LogP) is 3.10. The molecule has 0 bridgehead atoms. The Morgan fingerprint density at radius 1 is 1.15 bits per heavy atom. The number of hydrogen-bond donors (Lipinski definition) is 2. The van der Waals surface area contributed by atoms with Gasteiger partial charge in [0.25, 0.3) is 0 Å². The van der Waals surface area contributed by atoms with Crippen molar-refractivity contribution in [2.24, 2.45) is 0 Å². The molecule has 4 heteroatoms. The van der Waals surface area contributed by atoms with Crippen LogP contribution in [0.5, 0.6) is 0 Å². The molecule has 1 aromatic heterocycles. The van der Waals surface area contributed by atoms with Crippen LogP contribution in [-0.2, 0) is 11.8 Å². The number of nitrogens with two attached hydrogens (primary N) is 2. The highest BCUT2D eigenvalue weighted by Gasteiger charge is 2.16. The molecule has 0 atom stereocenters.